The molecule has 2 aromatic rings. The lowest BCUT2D eigenvalue weighted by atomic mass is 10.2. The van der Waals surface area contributed by atoms with E-state index in [4.69, 9.17) is 16.3 Å². The van der Waals surface area contributed by atoms with E-state index in [0.717, 1.165) is 11.3 Å². The summed E-state index contributed by atoms with van der Waals surface area (Å²) in [6, 6.07) is 8.27. The molecule has 0 saturated carbocycles. The van der Waals surface area contributed by atoms with Gasteiger partial charge >= 0.3 is 0 Å². The number of pyridine rings is 1. The quantitative estimate of drug-likeness (QED) is 0.769. The van der Waals surface area contributed by atoms with Gasteiger partial charge in [0.1, 0.15) is 11.6 Å². The molecule has 0 aliphatic carbocycles. The van der Waals surface area contributed by atoms with Gasteiger partial charge in [0.2, 0.25) is 5.88 Å². The van der Waals surface area contributed by atoms with E-state index in [0.29, 0.717) is 23.1 Å². The minimum absolute atomic E-state index is 0.249. The van der Waals surface area contributed by atoms with Crippen molar-refractivity contribution in [2.24, 2.45) is 0 Å². The molecule has 0 bridgehead atoms. The van der Waals surface area contributed by atoms with Gasteiger partial charge in [-0.05, 0) is 49.2 Å². The Bertz CT molecular complexity index is 572. The average Bonchev–Trinajstić information content (AvgIpc) is 2.33. The van der Waals surface area contributed by atoms with Crippen LogP contribution in [0.3, 0.4) is 0 Å². The van der Waals surface area contributed by atoms with Crippen LogP contribution in [-0.2, 0) is 5.88 Å². The third-order valence-corrected chi connectivity index (χ3v) is 2.80. The largest absolute Gasteiger partial charge is 0.439 e. The minimum Gasteiger partial charge on any atom is -0.439 e. The van der Waals surface area contributed by atoms with Gasteiger partial charge in [-0.25, -0.2) is 9.37 Å². The first kappa shape index (κ1) is 12.8. The number of hydrogen-bond donors (Lipinski definition) is 0. The van der Waals surface area contributed by atoms with Crippen LogP contribution in [0, 0.1) is 19.7 Å². The summed E-state index contributed by atoms with van der Waals surface area (Å²) >= 11 is 5.79. The smallest absolute Gasteiger partial charge is 0.219 e. The molecule has 2 nitrogen and oxygen atoms in total. The molecule has 0 aliphatic rings. The zero-order valence-electron chi connectivity index (χ0n) is 10.2. The van der Waals surface area contributed by atoms with Gasteiger partial charge in [-0.3, -0.25) is 0 Å². The Morgan fingerprint density at radius 2 is 2.00 bits per heavy atom. The van der Waals surface area contributed by atoms with E-state index in [9.17, 15) is 4.39 Å². The maximum Gasteiger partial charge on any atom is 0.219 e. The van der Waals surface area contributed by atoms with Crippen LogP contribution in [0.2, 0.25) is 0 Å². The predicted octanol–water partition coefficient (Wildman–Crippen LogP) is 4.37. The van der Waals surface area contributed by atoms with Crippen LogP contribution in [0.1, 0.15) is 16.8 Å². The Balaban J connectivity index is 2.27. The summed E-state index contributed by atoms with van der Waals surface area (Å²) in [4.78, 5) is 4.25. The van der Waals surface area contributed by atoms with Crippen LogP contribution in [0.5, 0.6) is 11.6 Å². The van der Waals surface area contributed by atoms with Crippen molar-refractivity contribution in [1.29, 1.82) is 0 Å². The lowest BCUT2D eigenvalue weighted by Gasteiger charge is -2.08. The van der Waals surface area contributed by atoms with Crippen molar-refractivity contribution in [2.75, 3.05) is 0 Å². The molecule has 18 heavy (non-hydrogen) atoms. The summed E-state index contributed by atoms with van der Waals surface area (Å²) < 4.78 is 18.7. The van der Waals surface area contributed by atoms with Crippen LogP contribution < -0.4 is 4.74 Å². The van der Waals surface area contributed by atoms with Gasteiger partial charge in [-0.15, -0.1) is 11.6 Å². The number of aryl methyl sites for hydroxylation is 2. The molecule has 0 fully saturated rings. The molecule has 0 spiro atoms. The molecule has 0 radical (unpaired) electrons. The first-order valence-electron chi connectivity index (χ1n) is 5.56. The summed E-state index contributed by atoms with van der Waals surface area (Å²) in [5.41, 5.74) is 2.32. The average molecular weight is 266 g/mol. The van der Waals surface area contributed by atoms with Gasteiger partial charge in [0.25, 0.3) is 0 Å². The van der Waals surface area contributed by atoms with Crippen molar-refractivity contribution in [3.8, 4) is 11.6 Å². The summed E-state index contributed by atoms with van der Waals surface area (Å²) in [7, 11) is 0. The van der Waals surface area contributed by atoms with E-state index < -0.39 is 0 Å². The number of aromatic nitrogens is 1. The van der Waals surface area contributed by atoms with E-state index >= 15 is 0 Å². The highest BCUT2D eigenvalue weighted by Crippen LogP contribution is 2.23. The Kier molecular flexibility index (Phi) is 3.82. The summed E-state index contributed by atoms with van der Waals surface area (Å²) in [6.45, 7) is 3.56. The normalized spacial score (nSPS) is 10.4. The molecule has 0 N–H and O–H groups in total. The zero-order valence-corrected chi connectivity index (χ0v) is 11.0. The lowest BCUT2D eigenvalue weighted by molar-refractivity contribution is 0.458. The molecule has 1 aromatic carbocycles. The maximum atomic E-state index is 13.1. The summed E-state index contributed by atoms with van der Waals surface area (Å²) in [5, 5.41) is 0. The molecule has 2 rings (SSSR count). The van der Waals surface area contributed by atoms with Crippen LogP contribution in [0.25, 0.3) is 0 Å². The number of nitrogens with zero attached hydrogens (tertiary/aromatic N) is 1. The second-order valence-electron chi connectivity index (χ2n) is 4.10. The molecule has 1 heterocycles. The fourth-order valence-corrected chi connectivity index (χ4v) is 1.79. The van der Waals surface area contributed by atoms with E-state index in [-0.39, 0.29) is 5.82 Å². The van der Waals surface area contributed by atoms with E-state index in [1.165, 1.54) is 6.07 Å². The van der Waals surface area contributed by atoms with E-state index in [2.05, 4.69) is 4.98 Å². The van der Waals surface area contributed by atoms with Gasteiger partial charge in [0.15, 0.2) is 0 Å². The van der Waals surface area contributed by atoms with Crippen molar-refractivity contribution in [2.45, 2.75) is 19.7 Å². The molecule has 0 saturated heterocycles. The van der Waals surface area contributed by atoms with Crippen molar-refractivity contribution in [3.63, 3.8) is 0 Å². The zero-order chi connectivity index (χ0) is 13.1. The molecule has 0 atom stereocenters. The van der Waals surface area contributed by atoms with Crippen molar-refractivity contribution in [3.05, 3.63) is 53.0 Å². The first-order chi connectivity index (χ1) is 8.58. The molecule has 94 valence electrons. The van der Waals surface area contributed by atoms with E-state index in [1.54, 1.807) is 25.1 Å². The molecular formula is C14H13ClFNO. The number of halogens is 2. The second-order valence-corrected chi connectivity index (χ2v) is 4.37. The van der Waals surface area contributed by atoms with Crippen LogP contribution >= 0.6 is 11.6 Å². The SMILES string of the molecule is Cc1cc(CCl)cc(Oc2ccc(F)c(C)c2)n1. The molecular weight excluding hydrogens is 253 g/mol. The van der Waals surface area contributed by atoms with Gasteiger partial charge in [0.05, 0.1) is 0 Å². The molecule has 0 aliphatic heterocycles. The second kappa shape index (κ2) is 5.36. The van der Waals surface area contributed by atoms with Gasteiger partial charge in [-0.1, -0.05) is 0 Å². The highest BCUT2D eigenvalue weighted by atomic mass is 35.5. The molecule has 4 heteroatoms. The predicted molar refractivity (Wildman–Crippen MR) is 69.7 cm³/mol. The Hall–Kier alpha value is -1.61. The third kappa shape index (κ3) is 2.99. The highest BCUT2D eigenvalue weighted by molar-refractivity contribution is 6.17. The number of alkyl halides is 1. The molecule has 0 amide bonds. The number of ether oxygens (including phenoxy) is 1. The maximum absolute atomic E-state index is 13.1. The van der Waals surface area contributed by atoms with Crippen LogP contribution in [-0.4, -0.2) is 4.98 Å². The number of hydrogen-bond acceptors (Lipinski definition) is 2. The Labute approximate surface area is 110 Å². The van der Waals surface area contributed by atoms with Crippen molar-refractivity contribution >= 4 is 11.6 Å². The fourth-order valence-electron chi connectivity index (χ4n) is 1.64. The molecule has 0 unspecified atom stereocenters. The summed E-state index contributed by atoms with van der Waals surface area (Å²) in [5.74, 6) is 1.19. The number of rotatable bonds is 3. The monoisotopic (exact) mass is 265 g/mol. The van der Waals surface area contributed by atoms with Crippen LogP contribution in [0.15, 0.2) is 30.3 Å². The third-order valence-electron chi connectivity index (χ3n) is 2.50. The van der Waals surface area contributed by atoms with Crippen molar-refractivity contribution in [1.82, 2.24) is 4.98 Å². The topological polar surface area (TPSA) is 22.1 Å². The summed E-state index contributed by atoms with van der Waals surface area (Å²) in [6.07, 6.45) is 0. The van der Waals surface area contributed by atoms with Gasteiger partial charge in [-0.2, -0.15) is 0 Å². The van der Waals surface area contributed by atoms with Gasteiger partial charge in [0, 0.05) is 17.6 Å². The standard InChI is InChI=1S/C14H13ClFNO/c1-9-5-12(3-4-13(9)16)18-14-7-11(8-15)6-10(2)17-14/h3-7H,8H2,1-2H3. The van der Waals surface area contributed by atoms with E-state index in [1.807, 2.05) is 13.0 Å². The Morgan fingerprint density at radius 3 is 2.67 bits per heavy atom. The lowest BCUT2D eigenvalue weighted by Crippen LogP contribution is -1.93. The van der Waals surface area contributed by atoms with Gasteiger partial charge < -0.3 is 4.74 Å². The Morgan fingerprint density at radius 1 is 1.22 bits per heavy atom. The number of benzene rings is 1. The van der Waals surface area contributed by atoms with Crippen LogP contribution in [0.4, 0.5) is 4.39 Å². The minimum atomic E-state index is -0.249. The van der Waals surface area contributed by atoms with Crippen molar-refractivity contribution < 1.29 is 9.13 Å². The molecule has 1 aromatic heterocycles. The first-order valence-corrected chi connectivity index (χ1v) is 6.09. The highest BCUT2D eigenvalue weighted by Gasteiger charge is 2.04. The fraction of sp³-hybridized carbons (Fsp3) is 0.214.